The molecular weight excluding hydrogens is 625 g/mol. The number of carbonyl (C=O) groups excluding carboxylic acids is 1. The van der Waals surface area contributed by atoms with Gasteiger partial charge in [0.05, 0.1) is 46.5 Å². The van der Waals surface area contributed by atoms with E-state index in [9.17, 15) is 9.18 Å². The van der Waals surface area contributed by atoms with Crippen molar-refractivity contribution in [3.05, 3.63) is 87.5 Å². The molecule has 1 fully saturated rings. The van der Waals surface area contributed by atoms with Gasteiger partial charge in [0, 0.05) is 73.2 Å². The molecular formula is C32H32Cl2F2N6O3. The first-order chi connectivity index (χ1) is 21.8. The number of aromatic nitrogens is 2. The quantitative estimate of drug-likeness (QED) is 0.118. The number of nitrogens with one attached hydrogen (secondary N) is 4. The van der Waals surface area contributed by atoms with Crippen molar-refractivity contribution < 1.29 is 23.4 Å². The van der Waals surface area contributed by atoms with Crippen molar-refractivity contribution in [1.29, 1.82) is 0 Å². The summed E-state index contributed by atoms with van der Waals surface area (Å²) in [7, 11) is 1.54. The molecule has 3 heterocycles. The normalized spacial score (nSPS) is 14.4. The maximum Gasteiger partial charge on any atom is 0.220 e. The predicted octanol–water partition coefficient (Wildman–Crippen LogP) is 5.60. The van der Waals surface area contributed by atoms with Gasteiger partial charge in [0.25, 0.3) is 0 Å². The summed E-state index contributed by atoms with van der Waals surface area (Å²) in [5, 5.41) is 21.5. The predicted molar refractivity (Wildman–Crippen MR) is 171 cm³/mol. The molecule has 4 aromatic rings. The number of halogens is 4. The average molecular weight is 658 g/mol. The molecule has 9 nitrogen and oxygen atoms in total. The van der Waals surface area contributed by atoms with Crippen molar-refractivity contribution in [3.8, 4) is 28.4 Å². The summed E-state index contributed by atoms with van der Waals surface area (Å²) >= 11 is 13.7. The fourth-order valence-corrected chi connectivity index (χ4v) is 5.67. The second kappa shape index (κ2) is 14.9. The van der Waals surface area contributed by atoms with E-state index in [2.05, 4.69) is 31.2 Å². The third-order valence-corrected chi connectivity index (χ3v) is 8.12. The van der Waals surface area contributed by atoms with E-state index in [-0.39, 0.29) is 47.9 Å². The molecule has 1 saturated heterocycles. The first-order valence-corrected chi connectivity index (χ1v) is 15.1. The number of nitrogens with zero attached hydrogens (tertiary/aromatic N) is 2. The fourth-order valence-electron chi connectivity index (χ4n) is 5.10. The van der Waals surface area contributed by atoms with Gasteiger partial charge < -0.3 is 31.1 Å². The second-order valence-electron chi connectivity index (χ2n) is 10.4. The number of hydrogen-bond donors (Lipinski definition) is 5. The lowest BCUT2D eigenvalue weighted by Crippen LogP contribution is -2.35. The minimum absolute atomic E-state index is 0.0371. The maximum absolute atomic E-state index is 15.2. The lowest BCUT2D eigenvalue weighted by Gasteiger charge is -2.16. The lowest BCUT2D eigenvalue weighted by molar-refractivity contribution is -0.119. The first-order valence-electron chi connectivity index (χ1n) is 14.3. The van der Waals surface area contributed by atoms with Gasteiger partial charge in [-0.3, -0.25) is 9.78 Å². The third-order valence-electron chi connectivity index (χ3n) is 7.33. The van der Waals surface area contributed by atoms with Gasteiger partial charge in [-0.25, -0.2) is 13.8 Å². The van der Waals surface area contributed by atoms with Crippen LogP contribution in [-0.2, 0) is 17.9 Å². The summed E-state index contributed by atoms with van der Waals surface area (Å²) < 4.78 is 35.2. The third kappa shape index (κ3) is 7.69. The van der Waals surface area contributed by atoms with Crippen LogP contribution in [0.1, 0.15) is 24.0 Å². The van der Waals surface area contributed by atoms with Crippen LogP contribution in [0.25, 0.3) is 22.5 Å². The fraction of sp³-hybridized carbons (Fsp3) is 0.281. The highest BCUT2D eigenvalue weighted by molar-refractivity contribution is 6.39. The molecule has 1 atom stereocenters. The van der Waals surface area contributed by atoms with Crippen molar-refractivity contribution in [2.75, 3.05) is 32.1 Å². The summed E-state index contributed by atoms with van der Waals surface area (Å²) in [4.78, 5) is 20.6. The molecule has 0 radical (unpaired) electrons. The SMILES string of the molecule is COc1nc(-c2ccnc(-c3cccc(Nc4cc(F)cc(CNCCO)c4F)c3Cl)c2Cl)ccc1CNC[C@H]1CCC(=O)N1. The van der Waals surface area contributed by atoms with E-state index in [1.165, 1.54) is 0 Å². The summed E-state index contributed by atoms with van der Waals surface area (Å²) in [6, 6.07) is 12.8. The molecule has 1 amide bonds. The minimum Gasteiger partial charge on any atom is -0.481 e. The van der Waals surface area contributed by atoms with Crippen LogP contribution in [-0.4, -0.2) is 53.8 Å². The second-order valence-corrected chi connectivity index (χ2v) is 11.2. The lowest BCUT2D eigenvalue weighted by atomic mass is 10.0. The molecule has 5 rings (SSSR count). The van der Waals surface area contributed by atoms with E-state index >= 15 is 4.39 Å². The van der Waals surface area contributed by atoms with E-state index in [1.54, 1.807) is 37.6 Å². The molecule has 0 saturated carbocycles. The van der Waals surface area contributed by atoms with Crippen LogP contribution in [0.15, 0.2) is 54.7 Å². The van der Waals surface area contributed by atoms with Gasteiger partial charge in [-0.15, -0.1) is 0 Å². The summed E-state index contributed by atoms with van der Waals surface area (Å²) in [5.41, 5.74) is 3.17. The van der Waals surface area contributed by atoms with Crippen LogP contribution in [0.3, 0.4) is 0 Å². The molecule has 0 unspecified atom stereocenters. The van der Waals surface area contributed by atoms with E-state index in [0.717, 1.165) is 24.1 Å². The molecule has 1 aliphatic rings. The van der Waals surface area contributed by atoms with E-state index < -0.39 is 11.6 Å². The number of aliphatic hydroxyl groups excluding tert-OH is 1. The summed E-state index contributed by atoms with van der Waals surface area (Å²) in [6.07, 6.45) is 2.94. The zero-order valence-corrected chi connectivity index (χ0v) is 25.9. The van der Waals surface area contributed by atoms with Gasteiger partial charge in [0.2, 0.25) is 11.8 Å². The van der Waals surface area contributed by atoms with Crippen LogP contribution < -0.4 is 26.0 Å². The van der Waals surface area contributed by atoms with Crippen molar-refractivity contribution in [3.63, 3.8) is 0 Å². The van der Waals surface area contributed by atoms with Crippen LogP contribution in [0, 0.1) is 11.6 Å². The summed E-state index contributed by atoms with van der Waals surface area (Å²) in [6.45, 7) is 1.29. The number of aliphatic hydroxyl groups is 1. The van der Waals surface area contributed by atoms with Crippen molar-refractivity contribution >= 4 is 40.5 Å². The Morgan fingerprint density at radius 2 is 1.84 bits per heavy atom. The smallest absolute Gasteiger partial charge is 0.220 e. The molecule has 1 aliphatic heterocycles. The van der Waals surface area contributed by atoms with Crippen LogP contribution in [0.2, 0.25) is 10.0 Å². The van der Waals surface area contributed by atoms with Crippen LogP contribution in [0.4, 0.5) is 20.2 Å². The molecule has 45 heavy (non-hydrogen) atoms. The Balaban J connectivity index is 1.38. The molecule has 2 aromatic carbocycles. The Morgan fingerprint density at radius 1 is 1.02 bits per heavy atom. The van der Waals surface area contributed by atoms with Gasteiger partial charge in [-0.1, -0.05) is 41.4 Å². The number of carbonyl (C=O) groups is 1. The minimum atomic E-state index is -0.648. The molecule has 2 aromatic heterocycles. The number of rotatable bonds is 13. The Bertz CT molecular complexity index is 1690. The van der Waals surface area contributed by atoms with Gasteiger partial charge >= 0.3 is 0 Å². The zero-order chi connectivity index (χ0) is 31.9. The van der Waals surface area contributed by atoms with E-state index in [4.69, 9.17) is 33.0 Å². The van der Waals surface area contributed by atoms with Gasteiger partial charge in [-0.2, -0.15) is 0 Å². The van der Waals surface area contributed by atoms with Crippen molar-refractivity contribution in [1.82, 2.24) is 25.9 Å². The Kier molecular flexibility index (Phi) is 10.8. The summed E-state index contributed by atoms with van der Waals surface area (Å²) in [5.74, 6) is -0.777. The van der Waals surface area contributed by atoms with E-state index in [1.807, 2.05) is 12.1 Å². The largest absolute Gasteiger partial charge is 0.481 e. The highest BCUT2D eigenvalue weighted by atomic mass is 35.5. The van der Waals surface area contributed by atoms with Gasteiger partial charge in [0.15, 0.2) is 5.82 Å². The molecule has 13 heteroatoms. The van der Waals surface area contributed by atoms with Gasteiger partial charge in [-0.05, 0) is 30.7 Å². The van der Waals surface area contributed by atoms with Gasteiger partial charge in [0.1, 0.15) is 5.82 Å². The number of benzene rings is 2. The number of anilines is 2. The monoisotopic (exact) mass is 656 g/mol. The molecule has 0 bridgehead atoms. The molecule has 0 aliphatic carbocycles. The molecule has 236 valence electrons. The standard InChI is InChI=1S/C32H32Cl2F2N6O3/c1-45-32-18(15-38-17-21-6-8-27(44)40-21)5-7-24(42-32)22-9-10-39-31(29(22)34)23-3-2-4-25(28(23)33)41-26-14-20(35)13-19(30(26)36)16-37-11-12-43/h2-5,7,9-10,13-14,21,37-38,41,43H,6,8,11-12,15-17H2,1H3,(H,40,44)/t21-/m1/s1. The Labute approximate surface area is 269 Å². The number of methoxy groups -OCH3 is 1. The number of ether oxygens (including phenoxy) is 1. The average Bonchev–Trinajstić information content (AvgIpc) is 3.45. The number of amides is 1. The highest BCUT2D eigenvalue weighted by Crippen LogP contribution is 2.41. The van der Waals surface area contributed by atoms with Crippen LogP contribution >= 0.6 is 23.2 Å². The number of pyridine rings is 2. The van der Waals surface area contributed by atoms with Crippen molar-refractivity contribution in [2.24, 2.45) is 0 Å². The zero-order valence-electron chi connectivity index (χ0n) is 24.4. The Morgan fingerprint density at radius 3 is 2.60 bits per heavy atom. The maximum atomic E-state index is 15.2. The van der Waals surface area contributed by atoms with E-state index in [0.29, 0.717) is 58.6 Å². The molecule has 0 spiro atoms. The molecule has 5 N–H and O–H groups in total. The first kappa shape index (κ1) is 32.5. The number of hydrogen-bond acceptors (Lipinski definition) is 8. The topological polar surface area (TPSA) is 120 Å². The highest BCUT2D eigenvalue weighted by Gasteiger charge is 2.21. The van der Waals surface area contributed by atoms with Crippen molar-refractivity contribution in [2.45, 2.75) is 32.0 Å². The Hall–Kier alpha value is -3.87. The van der Waals surface area contributed by atoms with Crippen LogP contribution in [0.5, 0.6) is 5.88 Å².